The van der Waals surface area contributed by atoms with Gasteiger partial charge in [0.05, 0.1) is 0 Å². The minimum Gasteiger partial charge on any atom is -0.329 e. The molecule has 2 aliphatic heterocycles. The monoisotopic (exact) mass is 262 g/mol. The van der Waals surface area contributed by atoms with E-state index in [4.69, 9.17) is 0 Å². The van der Waals surface area contributed by atoms with Crippen molar-refractivity contribution in [2.24, 2.45) is 5.92 Å². The quantitative estimate of drug-likeness (QED) is 0.822. The lowest BCUT2D eigenvalue weighted by atomic mass is 9.81. The fourth-order valence-corrected chi connectivity index (χ4v) is 3.50. The number of carbonyl (C=O) groups is 2. The number of hydrogen-bond acceptors (Lipinski definition) is 3. The fourth-order valence-electron chi connectivity index (χ4n) is 3.50. The average Bonchev–Trinajstić information content (AvgIpc) is 2.43. The van der Waals surface area contributed by atoms with Gasteiger partial charge in [-0.3, -0.25) is 9.59 Å². The zero-order chi connectivity index (χ0) is 13.2. The first kappa shape index (κ1) is 12.9. The van der Waals surface area contributed by atoms with Crippen molar-refractivity contribution in [3.63, 3.8) is 0 Å². The Bertz CT molecular complexity index is 422. The predicted molar refractivity (Wildman–Crippen MR) is 72.4 cm³/mol. The highest BCUT2D eigenvalue weighted by atomic mass is 16.2. The maximum Gasteiger partial charge on any atom is 0.224 e. The van der Waals surface area contributed by atoms with Crippen LogP contribution in [-0.2, 0) is 9.59 Å². The van der Waals surface area contributed by atoms with Gasteiger partial charge in [-0.2, -0.15) is 0 Å². The second kappa shape index (κ2) is 5.45. The molecule has 0 spiro atoms. The molecule has 4 nitrogen and oxygen atoms in total. The molecule has 3 aliphatic rings. The van der Waals surface area contributed by atoms with E-state index in [9.17, 15) is 9.59 Å². The Balaban J connectivity index is 1.66. The van der Waals surface area contributed by atoms with E-state index in [1.807, 2.05) is 0 Å². The molecule has 19 heavy (non-hydrogen) atoms. The molecule has 0 aromatic heterocycles. The van der Waals surface area contributed by atoms with Crippen molar-refractivity contribution in [1.82, 2.24) is 10.2 Å². The number of Topliss-reactive ketones (excluding diaryl/α,β-unsaturated/α-hetero) is 1. The molecule has 3 rings (SSSR count). The summed E-state index contributed by atoms with van der Waals surface area (Å²) in [6.07, 6.45) is 6.75. The first-order valence-electron chi connectivity index (χ1n) is 7.52. The van der Waals surface area contributed by atoms with Gasteiger partial charge in [-0.1, -0.05) is 6.42 Å². The fraction of sp³-hybridized carbons (Fsp3) is 0.733. The van der Waals surface area contributed by atoms with Crippen LogP contribution in [0, 0.1) is 5.92 Å². The van der Waals surface area contributed by atoms with Crippen LogP contribution in [0.3, 0.4) is 0 Å². The smallest absolute Gasteiger partial charge is 0.224 e. The van der Waals surface area contributed by atoms with E-state index in [1.54, 1.807) is 0 Å². The Labute approximate surface area is 114 Å². The van der Waals surface area contributed by atoms with E-state index in [0.29, 0.717) is 18.6 Å². The van der Waals surface area contributed by atoms with Crippen LogP contribution in [0.4, 0.5) is 0 Å². The summed E-state index contributed by atoms with van der Waals surface area (Å²) in [6, 6.07) is 0. The highest BCUT2D eigenvalue weighted by Gasteiger charge is 2.33. The summed E-state index contributed by atoms with van der Waals surface area (Å²) in [5.74, 6) is 0.528. The number of nitrogens with zero attached hydrogens (tertiary/aromatic N) is 1. The van der Waals surface area contributed by atoms with Gasteiger partial charge in [-0.25, -0.2) is 0 Å². The lowest BCUT2D eigenvalue weighted by Gasteiger charge is -2.34. The van der Waals surface area contributed by atoms with Crippen molar-refractivity contribution in [2.45, 2.75) is 44.9 Å². The molecular weight excluding hydrogens is 240 g/mol. The molecule has 1 N–H and O–H groups in total. The second-order valence-electron chi connectivity index (χ2n) is 5.97. The summed E-state index contributed by atoms with van der Waals surface area (Å²) < 4.78 is 0. The summed E-state index contributed by atoms with van der Waals surface area (Å²) >= 11 is 0. The zero-order valence-corrected chi connectivity index (χ0v) is 11.4. The van der Waals surface area contributed by atoms with Crippen LogP contribution in [0.5, 0.6) is 0 Å². The number of hydrogen-bond donors (Lipinski definition) is 1. The minimum atomic E-state index is 0.0704. The molecule has 1 unspecified atom stereocenters. The Kier molecular flexibility index (Phi) is 3.69. The van der Waals surface area contributed by atoms with Gasteiger partial charge < -0.3 is 10.2 Å². The average molecular weight is 262 g/mol. The van der Waals surface area contributed by atoms with Crippen LogP contribution in [0.2, 0.25) is 0 Å². The van der Waals surface area contributed by atoms with Gasteiger partial charge in [0.2, 0.25) is 5.91 Å². The van der Waals surface area contributed by atoms with Crippen LogP contribution in [0.25, 0.3) is 0 Å². The summed E-state index contributed by atoms with van der Waals surface area (Å²) in [7, 11) is 0. The molecule has 0 aromatic rings. The van der Waals surface area contributed by atoms with Crippen molar-refractivity contribution in [2.75, 3.05) is 19.6 Å². The van der Waals surface area contributed by atoms with Gasteiger partial charge in [-0.05, 0) is 45.2 Å². The van der Waals surface area contributed by atoms with Gasteiger partial charge in [0.25, 0.3) is 0 Å². The van der Waals surface area contributed by atoms with Crippen molar-refractivity contribution in [3.05, 3.63) is 11.3 Å². The molecule has 104 valence electrons. The molecule has 2 heterocycles. The van der Waals surface area contributed by atoms with Crippen LogP contribution < -0.4 is 5.32 Å². The minimum absolute atomic E-state index is 0.0704. The Hall–Kier alpha value is -1.16. The molecule has 0 aromatic carbocycles. The number of ketones is 1. The van der Waals surface area contributed by atoms with E-state index in [1.165, 1.54) is 19.3 Å². The number of rotatable bonds is 2. The standard InChI is InChI=1S/C15H22N2O2/c18-14-7-5-12-13(16-14)6-4-11(15(12)19)10-17-8-2-1-3-9-17/h11H,1-10H2,(H,16,18). The summed E-state index contributed by atoms with van der Waals surface area (Å²) in [6.45, 7) is 3.21. The van der Waals surface area contributed by atoms with Gasteiger partial charge in [0.15, 0.2) is 5.78 Å². The molecule has 4 heteroatoms. The van der Waals surface area contributed by atoms with Crippen LogP contribution >= 0.6 is 0 Å². The molecule has 1 amide bonds. The number of carbonyl (C=O) groups excluding carboxylic acids is 2. The molecule has 1 aliphatic carbocycles. The van der Waals surface area contributed by atoms with Crippen LogP contribution in [0.1, 0.15) is 44.9 Å². The Morgan fingerprint density at radius 1 is 1.05 bits per heavy atom. The maximum atomic E-state index is 12.5. The van der Waals surface area contributed by atoms with Gasteiger partial charge in [-0.15, -0.1) is 0 Å². The first-order chi connectivity index (χ1) is 9.24. The molecule has 1 atom stereocenters. The summed E-state index contributed by atoms with van der Waals surface area (Å²) in [5.41, 5.74) is 1.82. The molecule has 0 bridgehead atoms. The van der Waals surface area contributed by atoms with Gasteiger partial charge in [0, 0.05) is 30.2 Å². The van der Waals surface area contributed by atoms with Crippen LogP contribution in [-0.4, -0.2) is 36.2 Å². The number of allylic oxidation sites excluding steroid dienone is 2. The number of likely N-dealkylation sites (tertiary alicyclic amines) is 1. The first-order valence-corrected chi connectivity index (χ1v) is 7.52. The van der Waals surface area contributed by atoms with Crippen LogP contribution in [0.15, 0.2) is 11.3 Å². The van der Waals surface area contributed by atoms with E-state index >= 15 is 0 Å². The van der Waals surface area contributed by atoms with E-state index in [0.717, 1.165) is 43.7 Å². The normalized spacial score (nSPS) is 29.2. The molecule has 1 saturated heterocycles. The van der Waals surface area contributed by atoms with Crippen molar-refractivity contribution in [1.29, 1.82) is 0 Å². The molecule has 0 saturated carbocycles. The zero-order valence-electron chi connectivity index (χ0n) is 11.4. The number of piperidine rings is 1. The number of amides is 1. The molecule has 0 radical (unpaired) electrons. The third-order valence-corrected chi connectivity index (χ3v) is 4.59. The van der Waals surface area contributed by atoms with Crippen molar-refractivity contribution >= 4 is 11.7 Å². The maximum absolute atomic E-state index is 12.5. The second-order valence-corrected chi connectivity index (χ2v) is 5.97. The van der Waals surface area contributed by atoms with E-state index in [-0.39, 0.29) is 11.8 Å². The Morgan fingerprint density at radius 2 is 1.84 bits per heavy atom. The Morgan fingerprint density at radius 3 is 2.63 bits per heavy atom. The highest BCUT2D eigenvalue weighted by molar-refractivity contribution is 6.01. The van der Waals surface area contributed by atoms with Gasteiger partial charge in [0.1, 0.15) is 0 Å². The summed E-state index contributed by atoms with van der Waals surface area (Å²) in [5, 5.41) is 2.88. The summed E-state index contributed by atoms with van der Waals surface area (Å²) in [4.78, 5) is 26.3. The lowest BCUT2D eigenvalue weighted by Crippen LogP contribution is -2.41. The topological polar surface area (TPSA) is 49.4 Å². The third kappa shape index (κ3) is 2.73. The van der Waals surface area contributed by atoms with Crippen molar-refractivity contribution < 1.29 is 9.59 Å². The molecule has 1 fully saturated rings. The third-order valence-electron chi connectivity index (χ3n) is 4.59. The largest absolute Gasteiger partial charge is 0.329 e. The lowest BCUT2D eigenvalue weighted by molar-refractivity contribution is -0.123. The number of nitrogens with one attached hydrogen (secondary N) is 1. The SMILES string of the molecule is O=C1CCC2=C(CCC(CN3CCCCC3)C2=O)N1. The van der Waals surface area contributed by atoms with Crippen molar-refractivity contribution in [3.8, 4) is 0 Å². The van der Waals surface area contributed by atoms with Gasteiger partial charge >= 0.3 is 0 Å². The van der Waals surface area contributed by atoms with E-state index < -0.39 is 0 Å². The van der Waals surface area contributed by atoms with E-state index in [2.05, 4.69) is 10.2 Å². The highest BCUT2D eigenvalue weighted by Crippen LogP contribution is 2.31. The predicted octanol–water partition coefficient (Wildman–Crippen LogP) is 1.62. The molecular formula is C15H22N2O2.